The van der Waals surface area contributed by atoms with Gasteiger partial charge in [-0.15, -0.1) is 0 Å². The van der Waals surface area contributed by atoms with Crippen LogP contribution in [-0.4, -0.2) is 47.2 Å². The number of likely N-dealkylation sites (N-methyl/N-ethyl adjacent to an activating group) is 1. The van der Waals surface area contributed by atoms with E-state index < -0.39 is 11.8 Å². The molecule has 2 aromatic carbocycles. The summed E-state index contributed by atoms with van der Waals surface area (Å²) >= 11 is 5.01. The van der Waals surface area contributed by atoms with E-state index >= 15 is 0 Å². The molecule has 32 heavy (non-hydrogen) atoms. The van der Waals surface area contributed by atoms with E-state index in [1.807, 2.05) is 54.7 Å². The van der Waals surface area contributed by atoms with Crippen LogP contribution in [0.25, 0.3) is 17.0 Å². The van der Waals surface area contributed by atoms with Gasteiger partial charge in [0.25, 0.3) is 11.8 Å². The number of rotatable bonds is 7. The van der Waals surface area contributed by atoms with Gasteiger partial charge in [0, 0.05) is 36.3 Å². The van der Waals surface area contributed by atoms with E-state index in [1.54, 1.807) is 20.2 Å². The number of aromatic nitrogens is 1. The van der Waals surface area contributed by atoms with E-state index in [1.165, 1.54) is 4.90 Å². The summed E-state index contributed by atoms with van der Waals surface area (Å²) in [5.41, 5.74) is 1.87. The van der Waals surface area contributed by atoms with E-state index in [4.69, 9.17) is 21.7 Å². The molecule has 1 aromatic heterocycles. The standard InChI is InChI=1S/C24H23N3O4S/c1-26-23(29)18(22(28)25-24(26)32)14-16-15-27(19-9-4-3-8-17(16)19)12-7-13-31-21-11-6-5-10-20(21)30-2/h3-6,8-11,14-15H,7,12-13H2,1-2H3,(H,25,28,32). The van der Waals surface area contributed by atoms with Crippen LogP contribution < -0.4 is 14.8 Å². The summed E-state index contributed by atoms with van der Waals surface area (Å²) in [6.45, 7) is 1.23. The van der Waals surface area contributed by atoms with Gasteiger partial charge in [-0.05, 0) is 42.9 Å². The first kappa shape index (κ1) is 21.6. The molecule has 1 aliphatic heterocycles. The maximum absolute atomic E-state index is 12.6. The van der Waals surface area contributed by atoms with Gasteiger partial charge in [0.15, 0.2) is 16.6 Å². The second-order valence-electron chi connectivity index (χ2n) is 7.33. The van der Waals surface area contributed by atoms with E-state index in [2.05, 4.69) is 9.88 Å². The molecule has 0 spiro atoms. The molecular weight excluding hydrogens is 426 g/mol. The van der Waals surface area contributed by atoms with Crippen LogP contribution in [0.15, 0.2) is 60.3 Å². The molecule has 0 unspecified atom stereocenters. The molecule has 1 saturated heterocycles. The smallest absolute Gasteiger partial charge is 0.265 e. The first-order valence-corrected chi connectivity index (χ1v) is 10.6. The molecule has 0 saturated carbocycles. The molecule has 0 radical (unpaired) electrons. The summed E-state index contributed by atoms with van der Waals surface area (Å²) in [7, 11) is 3.16. The van der Waals surface area contributed by atoms with Gasteiger partial charge < -0.3 is 14.0 Å². The molecule has 1 N–H and O–H groups in total. The largest absolute Gasteiger partial charge is 0.493 e. The normalized spacial score (nSPS) is 15.4. The summed E-state index contributed by atoms with van der Waals surface area (Å²) in [6.07, 6.45) is 4.34. The van der Waals surface area contributed by atoms with Crippen molar-refractivity contribution in [2.24, 2.45) is 0 Å². The molecule has 1 aliphatic rings. The molecule has 164 valence electrons. The molecule has 4 rings (SSSR count). The molecule has 0 bridgehead atoms. The molecule has 8 heteroatoms. The summed E-state index contributed by atoms with van der Waals surface area (Å²) < 4.78 is 13.3. The van der Waals surface area contributed by atoms with Crippen LogP contribution in [0.3, 0.4) is 0 Å². The number of thiocarbonyl (C=S) groups is 1. The van der Waals surface area contributed by atoms with Crippen molar-refractivity contribution in [2.45, 2.75) is 13.0 Å². The minimum atomic E-state index is -0.486. The molecule has 3 aromatic rings. The lowest BCUT2D eigenvalue weighted by atomic mass is 10.1. The molecule has 7 nitrogen and oxygen atoms in total. The predicted molar refractivity (Wildman–Crippen MR) is 127 cm³/mol. The van der Waals surface area contributed by atoms with Gasteiger partial charge in [0.05, 0.1) is 13.7 Å². The number of para-hydroxylation sites is 3. The van der Waals surface area contributed by atoms with Crippen molar-refractivity contribution < 1.29 is 19.1 Å². The Morgan fingerprint density at radius 3 is 2.56 bits per heavy atom. The van der Waals surface area contributed by atoms with E-state index in [9.17, 15) is 9.59 Å². The van der Waals surface area contributed by atoms with Crippen molar-refractivity contribution in [3.8, 4) is 11.5 Å². The number of carbonyl (C=O) groups is 2. The van der Waals surface area contributed by atoms with E-state index in [0.717, 1.165) is 22.9 Å². The second kappa shape index (κ2) is 9.23. The number of hydrogen-bond donors (Lipinski definition) is 1. The number of fused-ring (bicyclic) bond motifs is 1. The van der Waals surface area contributed by atoms with Crippen molar-refractivity contribution in [1.29, 1.82) is 0 Å². The Hall–Kier alpha value is -3.65. The van der Waals surface area contributed by atoms with Gasteiger partial charge in [-0.3, -0.25) is 19.8 Å². The lowest BCUT2D eigenvalue weighted by molar-refractivity contribution is -0.128. The van der Waals surface area contributed by atoms with Gasteiger partial charge in [0.2, 0.25) is 0 Å². The van der Waals surface area contributed by atoms with Crippen LogP contribution >= 0.6 is 12.2 Å². The summed E-state index contributed by atoms with van der Waals surface area (Å²) in [5.74, 6) is 0.510. The summed E-state index contributed by atoms with van der Waals surface area (Å²) in [4.78, 5) is 26.2. The molecule has 1 fully saturated rings. The number of nitrogens with zero attached hydrogens (tertiary/aromatic N) is 2. The quantitative estimate of drug-likeness (QED) is 0.259. The number of amides is 2. The zero-order chi connectivity index (χ0) is 22.7. The van der Waals surface area contributed by atoms with Crippen molar-refractivity contribution >= 4 is 46.1 Å². The summed E-state index contributed by atoms with van der Waals surface area (Å²) in [5, 5.41) is 3.61. The fourth-order valence-corrected chi connectivity index (χ4v) is 3.81. The highest BCUT2D eigenvalue weighted by molar-refractivity contribution is 7.80. The van der Waals surface area contributed by atoms with Crippen LogP contribution in [0.2, 0.25) is 0 Å². The van der Waals surface area contributed by atoms with Crippen LogP contribution in [-0.2, 0) is 16.1 Å². The second-order valence-corrected chi connectivity index (χ2v) is 7.72. The minimum absolute atomic E-state index is 0.0588. The third-order valence-corrected chi connectivity index (χ3v) is 5.67. The average Bonchev–Trinajstić information content (AvgIpc) is 3.16. The van der Waals surface area contributed by atoms with Crippen molar-refractivity contribution in [3.63, 3.8) is 0 Å². The minimum Gasteiger partial charge on any atom is -0.493 e. The molecule has 2 heterocycles. The Morgan fingerprint density at radius 1 is 1.06 bits per heavy atom. The number of ether oxygens (including phenoxy) is 2. The fourth-order valence-electron chi connectivity index (χ4n) is 3.63. The number of methoxy groups -OCH3 is 1. The zero-order valence-corrected chi connectivity index (χ0v) is 18.6. The topological polar surface area (TPSA) is 72.8 Å². The highest BCUT2D eigenvalue weighted by Crippen LogP contribution is 2.27. The Bertz CT molecular complexity index is 1230. The van der Waals surface area contributed by atoms with Gasteiger partial charge in [-0.25, -0.2) is 0 Å². The maximum Gasteiger partial charge on any atom is 0.265 e. The van der Waals surface area contributed by atoms with Crippen molar-refractivity contribution in [1.82, 2.24) is 14.8 Å². The first-order valence-electron chi connectivity index (χ1n) is 10.2. The highest BCUT2D eigenvalue weighted by Gasteiger charge is 2.31. The molecule has 0 aliphatic carbocycles. The molecule has 2 amide bonds. The number of benzene rings is 2. The fraction of sp³-hybridized carbons (Fsp3) is 0.208. The average molecular weight is 450 g/mol. The van der Waals surface area contributed by atoms with Crippen LogP contribution in [0.4, 0.5) is 0 Å². The molecular formula is C24H23N3O4S. The lowest BCUT2D eigenvalue weighted by Gasteiger charge is -2.24. The van der Waals surface area contributed by atoms with E-state index in [0.29, 0.717) is 24.7 Å². The van der Waals surface area contributed by atoms with E-state index in [-0.39, 0.29) is 10.7 Å². The number of hydrogen-bond acceptors (Lipinski definition) is 5. The monoisotopic (exact) mass is 449 g/mol. The van der Waals surface area contributed by atoms with Crippen LogP contribution in [0.1, 0.15) is 12.0 Å². The summed E-state index contributed by atoms with van der Waals surface area (Å²) in [6, 6.07) is 15.4. The predicted octanol–water partition coefficient (Wildman–Crippen LogP) is 3.38. The highest BCUT2D eigenvalue weighted by atomic mass is 32.1. The molecule has 0 atom stereocenters. The van der Waals surface area contributed by atoms with Crippen molar-refractivity contribution in [2.75, 3.05) is 20.8 Å². The third-order valence-electron chi connectivity index (χ3n) is 5.29. The third kappa shape index (κ3) is 4.22. The Labute approximate surface area is 191 Å². The Balaban J connectivity index is 1.54. The van der Waals surface area contributed by atoms with Crippen LogP contribution in [0.5, 0.6) is 11.5 Å². The van der Waals surface area contributed by atoms with Crippen LogP contribution in [0, 0.1) is 0 Å². The van der Waals surface area contributed by atoms with Gasteiger partial charge in [-0.1, -0.05) is 30.3 Å². The SMILES string of the molecule is COc1ccccc1OCCCn1cc(C=C2C(=O)NC(=S)N(C)C2=O)c2ccccc21. The maximum atomic E-state index is 12.6. The Kier molecular flexibility index (Phi) is 6.23. The number of nitrogens with one attached hydrogen (secondary N) is 1. The van der Waals surface area contributed by atoms with Gasteiger partial charge in [0.1, 0.15) is 5.57 Å². The van der Waals surface area contributed by atoms with Crippen molar-refractivity contribution in [3.05, 3.63) is 65.9 Å². The number of aryl methyl sites for hydroxylation is 1. The Morgan fingerprint density at radius 2 is 1.78 bits per heavy atom. The van der Waals surface area contributed by atoms with Gasteiger partial charge >= 0.3 is 0 Å². The number of carbonyl (C=O) groups excluding carboxylic acids is 2. The van der Waals surface area contributed by atoms with Gasteiger partial charge in [-0.2, -0.15) is 0 Å². The first-order chi connectivity index (χ1) is 15.5. The lowest BCUT2D eigenvalue weighted by Crippen LogP contribution is -2.52. The zero-order valence-electron chi connectivity index (χ0n) is 17.8.